The van der Waals surface area contributed by atoms with Crippen molar-refractivity contribution >= 4 is 17.9 Å². The Morgan fingerprint density at radius 2 is 0.542 bits per heavy atom. The lowest BCUT2D eigenvalue weighted by Crippen LogP contribution is -2.30. The van der Waals surface area contributed by atoms with Gasteiger partial charge in [0.25, 0.3) is 0 Å². The Kier molecular flexibility index (Phi) is 57.3. The van der Waals surface area contributed by atoms with Crippen LogP contribution in [0.25, 0.3) is 0 Å². The van der Waals surface area contributed by atoms with Crippen LogP contribution in [0.4, 0.5) is 0 Å². The first-order chi connectivity index (χ1) is 35.5. The molecule has 414 valence electrons. The van der Waals surface area contributed by atoms with Gasteiger partial charge >= 0.3 is 17.9 Å². The van der Waals surface area contributed by atoms with E-state index in [0.29, 0.717) is 19.3 Å². The summed E-state index contributed by atoms with van der Waals surface area (Å²) in [4.78, 5) is 38.2. The van der Waals surface area contributed by atoms with Gasteiger partial charge in [-0.15, -0.1) is 0 Å². The van der Waals surface area contributed by atoms with Crippen molar-refractivity contribution in [3.05, 3.63) is 85.1 Å². The molecule has 0 saturated heterocycles. The standard InChI is InChI=1S/C66H114O6/c1-4-7-10-13-16-19-22-25-27-28-29-30-31-32-33-34-35-36-37-38-39-42-44-47-50-53-56-59-65(68)71-62-63(61-70-64(67)58-55-52-49-46-43-40-24-21-18-15-12-9-6-3)72-66(69)60-57-54-51-48-45-41-26-23-20-17-14-11-8-5-2/h7,10,16,19,25,27,29-30,32-33,35-36,38-39,63H,4-6,8-9,11-15,17-18,20-24,26,28,31,34,37,40-62H2,1-3H3/b10-7-,19-16-,27-25-,30-29-,33-32-,36-35-,39-38-. The number of carbonyl (C=O) groups is 3. The first-order valence-electron chi connectivity index (χ1n) is 30.6. The highest BCUT2D eigenvalue weighted by Gasteiger charge is 2.19. The van der Waals surface area contributed by atoms with E-state index in [4.69, 9.17) is 14.2 Å². The molecule has 0 bridgehead atoms. The third-order valence-corrected chi connectivity index (χ3v) is 13.2. The summed E-state index contributed by atoms with van der Waals surface area (Å²) < 4.78 is 16.9. The van der Waals surface area contributed by atoms with E-state index in [9.17, 15) is 14.4 Å². The molecular formula is C66H114O6. The highest BCUT2D eigenvalue weighted by atomic mass is 16.6. The molecule has 0 aliphatic carbocycles. The minimum absolute atomic E-state index is 0.0785. The van der Waals surface area contributed by atoms with Crippen molar-refractivity contribution in [2.45, 2.75) is 303 Å². The first kappa shape index (κ1) is 68.6. The molecule has 0 aromatic carbocycles. The molecule has 0 rings (SSSR count). The summed E-state index contributed by atoms with van der Waals surface area (Å²) in [5.74, 6) is -0.887. The summed E-state index contributed by atoms with van der Waals surface area (Å²) in [5.41, 5.74) is 0. The molecule has 0 aliphatic heterocycles. The largest absolute Gasteiger partial charge is 0.462 e. The number of allylic oxidation sites excluding steroid dienone is 14. The van der Waals surface area contributed by atoms with Crippen LogP contribution in [0.15, 0.2) is 85.1 Å². The number of ether oxygens (including phenoxy) is 3. The van der Waals surface area contributed by atoms with E-state index in [1.54, 1.807) is 0 Å². The minimum Gasteiger partial charge on any atom is -0.462 e. The van der Waals surface area contributed by atoms with Crippen molar-refractivity contribution in [3.63, 3.8) is 0 Å². The normalized spacial score (nSPS) is 12.7. The molecule has 0 aromatic heterocycles. The van der Waals surface area contributed by atoms with Gasteiger partial charge in [-0.2, -0.15) is 0 Å². The second-order valence-corrected chi connectivity index (χ2v) is 20.2. The van der Waals surface area contributed by atoms with E-state index in [1.807, 2.05) is 0 Å². The monoisotopic (exact) mass is 1000 g/mol. The quantitative estimate of drug-likeness (QED) is 0.0261. The Balaban J connectivity index is 4.33. The van der Waals surface area contributed by atoms with Gasteiger partial charge in [-0.05, 0) is 77.0 Å². The Morgan fingerprint density at radius 1 is 0.292 bits per heavy atom. The Labute approximate surface area is 445 Å². The second-order valence-electron chi connectivity index (χ2n) is 20.2. The van der Waals surface area contributed by atoms with Crippen LogP contribution in [0.2, 0.25) is 0 Å². The van der Waals surface area contributed by atoms with E-state index in [-0.39, 0.29) is 31.1 Å². The lowest BCUT2D eigenvalue weighted by Gasteiger charge is -2.18. The fraction of sp³-hybridized carbons (Fsp3) is 0.742. The number of unbranched alkanes of at least 4 members (excludes halogenated alkanes) is 30. The summed E-state index contributed by atoms with van der Waals surface area (Å²) in [7, 11) is 0. The fourth-order valence-electron chi connectivity index (χ4n) is 8.60. The van der Waals surface area contributed by atoms with Crippen molar-refractivity contribution in [1.82, 2.24) is 0 Å². The van der Waals surface area contributed by atoms with Gasteiger partial charge in [0.1, 0.15) is 13.2 Å². The third-order valence-electron chi connectivity index (χ3n) is 13.2. The lowest BCUT2D eigenvalue weighted by molar-refractivity contribution is -0.167. The molecule has 0 heterocycles. The fourth-order valence-corrected chi connectivity index (χ4v) is 8.60. The number of carbonyl (C=O) groups excluding carboxylic acids is 3. The van der Waals surface area contributed by atoms with Gasteiger partial charge in [-0.25, -0.2) is 0 Å². The maximum absolute atomic E-state index is 12.9. The molecule has 6 heteroatoms. The number of esters is 3. The minimum atomic E-state index is -0.781. The van der Waals surface area contributed by atoms with E-state index >= 15 is 0 Å². The summed E-state index contributed by atoms with van der Waals surface area (Å²) in [6.07, 6.45) is 78.6. The van der Waals surface area contributed by atoms with Crippen molar-refractivity contribution in [2.75, 3.05) is 13.2 Å². The maximum atomic E-state index is 12.9. The smallest absolute Gasteiger partial charge is 0.306 e. The molecule has 1 atom stereocenters. The van der Waals surface area contributed by atoms with Crippen LogP contribution in [-0.4, -0.2) is 37.2 Å². The van der Waals surface area contributed by atoms with E-state index < -0.39 is 6.10 Å². The van der Waals surface area contributed by atoms with Crippen LogP contribution in [0.3, 0.4) is 0 Å². The number of hydrogen-bond acceptors (Lipinski definition) is 6. The van der Waals surface area contributed by atoms with Crippen LogP contribution < -0.4 is 0 Å². The van der Waals surface area contributed by atoms with Crippen molar-refractivity contribution < 1.29 is 28.6 Å². The van der Waals surface area contributed by atoms with Crippen LogP contribution in [-0.2, 0) is 28.6 Å². The molecule has 1 unspecified atom stereocenters. The van der Waals surface area contributed by atoms with Crippen molar-refractivity contribution in [2.24, 2.45) is 0 Å². The van der Waals surface area contributed by atoms with Gasteiger partial charge in [-0.1, -0.05) is 286 Å². The number of rotatable bonds is 55. The van der Waals surface area contributed by atoms with Crippen LogP contribution in [0.5, 0.6) is 0 Å². The number of hydrogen-bond donors (Lipinski definition) is 0. The molecule has 6 nitrogen and oxygen atoms in total. The topological polar surface area (TPSA) is 78.9 Å². The van der Waals surface area contributed by atoms with Crippen LogP contribution >= 0.6 is 0 Å². The van der Waals surface area contributed by atoms with E-state index in [1.165, 1.54) is 135 Å². The van der Waals surface area contributed by atoms with Crippen LogP contribution in [0, 0.1) is 0 Å². The predicted molar refractivity (Wildman–Crippen MR) is 311 cm³/mol. The average Bonchev–Trinajstić information content (AvgIpc) is 3.38. The van der Waals surface area contributed by atoms with Gasteiger partial charge in [-0.3, -0.25) is 14.4 Å². The first-order valence-corrected chi connectivity index (χ1v) is 30.6. The van der Waals surface area contributed by atoms with Gasteiger partial charge in [0.05, 0.1) is 0 Å². The molecule has 0 aromatic rings. The zero-order valence-corrected chi connectivity index (χ0v) is 47.4. The third kappa shape index (κ3) is 57.5. The lowest BCUT2D eigenvalue weighted by atomic mass is 10.0. The Morgan fingerprint density at radius 3 is 0.847 bits per heavy atom. The SMILES string of the molecule is CC/C=C\C/C=C\C/C=C\C/C=C\C/C=C\C/C=C\C/C=C\CCCCCCCC(=O)OCC(COC(=O)CCCCCCCCCCCCCCC)OC(=O)CCCCCCCCCCCCCCCC. The average molecular weight is 1000 g/mol. The van der Waals surface area contributed by atoms with Gasteiger partial charge in [0.15, 0.2) is 6.10 Å². The Hall–Kier alpha value is -3.41. The molecule has 72 heavy (non-hydrogen) atoms. The van der Waals surface area contributed by atoms with Gasteiger partial charge in [0, 0.05) is 19.3 Å². The molecule has 0 saturated carbocycles. The zero-order chi connectivity index (χ0) is 52.2. The van der Waals surface area contributed by atoms with Crippen LogP contribution in [0.1, 0.15) is 297 Å². The van der Waals surface area contributed by atoms with Gasteiger partial charge in [0.2, 0.25) is 0 Å². The summed E-state index contributed by atoms with van der Waals surface area (Å²) in [6, 6.07) is 0. The predicted octanol–water partition coefficient (Wildman–Crippen LogP) is 20.7. The molecule has 0 amide bonds. The zero-order valence-electron chi connectivity index (χ0n) is 47.4. The molecular weight excluding hydrogens is 889 g/mol. The van der Waals surface area contributed by atoms with Crippen molar-refractivity contribution in [3.8, 4) is 0 Å². The Bertz CT molecular complexity index is 1380. The van der Waals surface area contributed by atoms with Crippen molar-refractivity contribution in [1.29, 1.82) is 0 Å². The summed E-state index contributed by atoms with van der Waals surface area (Å²) >= 11 is 0. The van der Waals surface area contributed by atoms with E-state index in [2.05, 4.69) is 106 Å². The maximum Gasteiger partial charge on any atom is 0.306 e. The van der Waals surface area contributed by atoms with Gasteiger partial charge < -0.3 is 14.2 Å². The summed E-state index contributed by atoms with van der Waals surface area (Å²) in [6.45, 7) is 6.53. The highest BCUT2D eigenvalue weighted by Crippen LogP contribution is 2.16. The molecule has 0 aliphatic rings. The molecule has 0 radical (unpaired) electrons. The molecule has 0 spiro atoms. The second kappa shape index (κ2) is 60.1. The molecule has 0 fully saturated rings. The van der Waals surface area contributed by atoms with E-state index in [0.717, 1.165) is 122 Å². The molecule has 0 N–H and O–H groups in total. The highest BCUT2D eigenvalue weighted by molar-refractivity contribution is 5.71. The summed E-state index contributed by atoms with van der Waals surface area (Å²) in [5, 5.41) is 0.